The van der Waals surface area contributed by atoms with Crippen molar-refractivity contribution in [1.82, 2.24) is 9.88 Å². The molecule has 1 aromatic rings. The number of hydrogen-bond acceptors (Lipinski definition) is 4. The van der Waals surface area contributed by atoms with Crippen molar-refractivity contribution in [2.75, 3.05) is 12.0 Å². The number of anilines is 1. The lowest BCUT2D eigenvalue weighted by molar-refractivity contribution is 0.208. The Morgan fingerprint density at radius 1 is 1.39 bits per heavy atom. The van der Waals surface area contributed by atoms with Crippen molar-refractivity contribution in [3.05, 3.63) is 23.9 Å². The molecule has 0 bridgehead atoms. The van der Waals surface area contributed by atoms with Crippen LogP contribution in [0.15, 0.2) is 18.3 Å². The number of nitrogens with two attached hydrogens (primary N) is 1. The highest BCUT2D eigenvalue weighted by molar-refractivity contribution is 5.35. The van der Waals surface area contributed by atoms with Crippen LogP contribution >= 0.6 is 0 Å². The molecule has 3 N–H and O–H groups in total. The summed E-state index contributed by atoms with van der Waals surface area (Å²) in [7, 11) is 0. The molecule has 4 nitrogen and oxygen atoms in total. The van der Waals surface area contributed by atoms with Gasteiger partial charge in [-0.3, -0.25) is 4.90 Å². The summed E-state index contributed by atoms with van der Waals surface area (Å²) in [5.74, 6) is 6.11. The minimum atomic E-state index is 0.560. The molecule has 18 heavy (non-hydrogen) atoms. The first-order valence-electron chi connectivity index (χ1n) is 6.83. The average Bonchev–Trinajstić information content (AvgIpc) is 2.38. The van der Waals surface area contributed by atoms with Gasteiger partial charge < -0.3 is 5.43 Å². The molecular formula is C14H26N4. The standard InChI is InChI=1S/C14H26N4/c1-4-5-6-9-18(12(2)3)11-13-7-8-16-14(10-13)17-15/h7-8,10,12H,4-6,9,11,15H2,1-3H3,(H,16,17). The van der Waals surface area contributed by atoms with Crippen LogP contribution in [0.2, 0.25) is 0 Å². The second-order valence-electron chi connectivity index (χ2n) is 4.96. The topological polar surface area (TPSA) is 54.2 Å². The third-order valence-corrected chi connectivity index (χ3v) is 3.14. The maximum Gasteiger partial charge on any atom is 0.140 e. The molecule has 1 rings (SSSR count). The van der Waals surface area contributed by atoms with E-state index in [1.165, 1.54) is 24.8 Å². The first kappa shape index (κ1) is 14.9. The summed E-state index contributed by atoms with van der Waals surface area (Å²) in [6, 6.07) is 4.62. The van der Waals surface area contributed by atoms with Gasteiger partial charge in [0.1, 0.15) is 5.82 Å². The van der Waals surface area contributed by atoms with E-state index in [1.54, 1.807) is 6.20 Å². The molecular weight excluding hydrogens is 224 g/mol. The van der Waals surface area contributed by atoms with Crippen molar-refractivity contribution in [2.45, 2.75) is 52.6 Å². The van der Waals surface area contributed by atoms with E-state index in [-0.39, 0.29) is 0 Å². The van der Waals surface area contributed by atoms with Crippen LogP contribution in [0, 0.1) is 0 Å². The fourth-order valence-electron chi connectivity index (χ4n) is 1.97. The summed E-state index contributed by atoms with van der Waals surface area (Å²) in [5, 5.41) is 0. The van der Waals surface area contributed by atoms with Gasteiger partial charge in [-0.05, 0) is 44.5 Å². The van der Waals surface area contributed by atoms with Crippen LogP contribution in [0.5, 0.6) is 0 Å². The van der Waals surface area contributed by atoms with E-state index < -0.39 is 0 Å². The van der Waals surface area contributed by atoms with Crippen LogP contribution < -0.4 is 11.3 Å². The molecule has 0 atom stereocenters. The molecule has 0 aliphatic carbocycles. The van der Waals surface area contributed by atoms with Crippen molar-refractivity contribution < 1.29 is 0 Å². The molecule has 0 saturated heterocycles. The van der Waals surface area contributed by atoms with Gasteiger partial charge in [0.25, 0.3) is 0 Å². The van der Waals surface area contributed by atoms with Gasteiger partial charge in [0.2, 0.25) is 0 Å². The first-order chi connectivity index (χ1) is 8.67. The Labute approximate surface area is 111 Å². The third kappa shape index (κ3) is 5.02. The van der Waals surface area contributed by atoms with Crippen molar-refractivity contribution >= 4 is 5.82 Å². The molecule has 4 heteroatoms. The van der Waals surface area contributed by atoms with E-state index in [0.29, 0.717) is 6.04 Å². The number of pyridine rings is 1. The first-order valence-corrected chi connectivity index (χ1v) is 6.83. The number of rotatable bonds is 8. The van der Waals surface area contributed by atoms with E-state index in [2.05, 4.69) is 42.1 Å². The van der Waals surface area contributed by atoms with Crippen LogP contribution in [0.1, 0.15) is 45.6 Å². The third-order valence-electron chi connectivity index (χ3n) is 3.14. The second kappa shape index (κ2) is 8.06. The molecule has 0 aromatic carbocycles. The molecule has 0 amide bonds. The van der Waals surface area contributed by atoms with Crippen LogP contribution in [0.25, 0.3) is 0 Å². The van der Waals surface area contributed by atoms with Crippen molar-refractivity contribution in [2.24, 2.45) is 5.84 Å². The minimum absolute atomic E-state index is 0.560. The van der Waals surface area contributed by atoms with Gasteiger partial charge in [-0.25, -0.2) is 10.8 Å². The smallest absolute Gasteiger partial charge is 0.140 e. The highest BCUT2D eigenvalue weighted by atomic mass is 15.2. The van der Waals surface area contributed by atoms with Gasteiger partial charge in [-0.1, -0.05) is 19.8 Å². The van der Waals surface area contributed by atoms with Gasteiger partial charge in [0.15, 0.2) is 0 Å². The van der Waals surface area contributed by atoms with Gasteiger partial charge in [0, 0.05) is 18.8 Å². The number of nitrogens with zero attached hydrogens (tertiary/aromatic N) is 2. The van der Waals surface area contributed by atoms with Gasteiger partial charge in [-0.2, -0.15) is 0 Å². The number of nitrogens with one attached hydrogen (secondary N) is 1. The zero-order chi connectivity index (χ0) is 13.4. The summed E-state index contributed by atoms with van der Waals surface area (Å²) in [6.07, 6.45) is 5.63. The van der Waals surface area contributed by atoms with Gasteiger partial charge in [-0.15, -0.1) is 0 Å². The Morgan fingerprint density at radius 3 is 2.78 bits per heavy atom. The lowest BCUT2D eigenvalue weighted by Crippen LogP contribution is -2.31. The highest BCUT2D eigenvalue weighted by Crippen LogP contribution is 2.12. The van der Waals surface area contributed by atoms with Crippen molar-refractivity contribution in [3.63, 3.8) is 0 Å². The van der Waals surface area contributed by atoms with Crippen LogP contribution in [0.4, 0.5) is 5.82 Å². The van der Waals surface area contributed by atoms with Gasteiger partial charge in [0.05, 0.1) is 0 Å². The Bertz CT molecular complexity index is 338. The Kier molecular flexibility index (Phi) is 6.68. The molecule has 0 unspecified atom stereocenters. The molecule has 0 radical (unpaired) electrons. The zero-order valence-electron chi connectivity index (χ0n) is 11.8. The van der Waals surface area contributed by atoms with E-state index in [4.69, 9.17) is 5.84 Å². The number of hydrogen-bond donors (Lipinski definition) is 2. The predicted octanol–water partition coefficient (Wildman–Crippen LogP) is 2.77. The number of aromatic nitrogens is 1. The molecule has 0 aliphatic rings. The summed E-state index contributed by atoms with van der Waals surface area (Å²) < 4.78 is 0. The predicted molar refractivity (Wildman–Crippen MR) is 77.1 cm³/mol. The normalized spacial score (nSPS) is 11.2. The van der Waals surface area contributed by atoms with Crippen LogP contribution in [-0.4, -0.2) is 22.5 Å². The van der Waals surface area contributed by atoms with Crippen molar-refractivity contribution in [3.8, 4) is 0 Å². The maximum atomic E-state index is 5.38. The van der Waals surface area contributed by atoms with Crippen LogP contribution in [-0.2, 0) is 6.54 Å². The Balaban J connectivity index is 2.58. The average molecular weight is 250 g/mol. The number of nitrogen functional groups attached to an aromatic ring is 1. The SMILES string of the molecule is CCCCCN(Cc1ccnc(NN)c1)C(C)C. The molecule has 102 valence electrons. The Hall–Kier alpha value is -1.13. The summed E-state index contributed by atoms with van der Waals surface area (Å²) in [6.45, 7) is 8.84. The van der Waals surface area contributed by atoms with E-state index >= 15 is 0 Å². The lowest BCUT2D eigenvalue weighted by atomic mass is 10.2. The second-order valence-corrected chi connectivity index (χ2v) is 4.96. The van der Waals surface area contributed by atoms with Crippen LogP contribution in [0.3, 0.4) is 0 Å². The van der Waals surface area contributed by atoms with E-state index in [9.17, 15) is 0 Å². The monoisotopic (exact) mass is 250 g/mol. The summed E-state index contributed by atoms with van der Waals surface area (Å²) >= 11 is 0. The van der Waals surface area contributed by atoms with Crippen molar-refractivity contribution in [1.29, 1.82) is 0 Å². The van der Waals surface area contributed by atoms with E-state index in [0.717, 1.165) is 18.9 Å². The van der Waals surface area contributed by atoms with Gasteiger partial charge >= 0.3 is 0 Å². The zero-order valence-corrected chi connectivity index (χ0v) is 11.8. The fourth-order valence-corrected chi connectivity index (χ4v) is 1.97. The molecule has 1 aromatic heterocycles. The molecule has 0 spiro atoms. The lowest BCUT2D eigenvalue weighted by Gasteiger charge is -2.26. The maximum absolute atomic E-state index is 5.38. The molecule has 0 saturated carbocycles. The number of hydrazine groups is 1. The summed E-state index contributed by atoms with van der Waals surface area (Å²) in [4.78, 5) is 6.62. The van der Waals surface area contributed by atoms with E-state index in [1.807, 2.05) is 6.07 Å². The quantitative estimate of drug-likeness (QED) is 0.423. The molecule has 0 fully saturated rings. The largest absolute Gasteiger partial charge is 0.308 e. The Morgan fingerprint density at radius 2 is 2.17 bits per heavy atom. The number of unbranched alkanes of at least 4 members (excludes halogenated alkanes) is 2. The molecule has 1 heterocycles. The minimum Gasteiger partial charge on any atom is -0.308 e. The fraction of sp³-hybridized carbons (Fsp3) is 0.643. The highest BCUT2D eigenvalue weighted by Gasteiger charge is 2.10. The summed E-state index contributed by atoms with van der Waals surface area (Å²) in [5.41, 5.74) is 3.85. The molecule has 0 aliphatic heterocycles.